The van der Waals surface area contributed by atoms with E-state index in [0.29, 0.717) is 11.3 Å². The lowest BCUT2D eigenvalue weighted by molar-refractivity contribution is 0.102. The maximum Gasteiger partial charge on any atom is 0.255 e. The molecule has 2 heterocycles. The van der Waals surface area contributed by atoms with Crippen molar-refractivity contribution >= 4 is 11.6 Å². The molecule has 3 aromatic rings. The number of H-pyrrole nitrogens is 1. The summed E-state index contributed by atoms with van der Waals surface area (Å²) in [6, 6.07) is 9.91. The highest BCUT2D eigenvalue weighted by molar-refractivity contribution is 6.04. The zero-order valence-corrected chi connectivity index (χ0v) is 10.9. The van der Waals surface area contributed by atoms with Crippen LogP contribution >= 0.6 is 0 Å². The van der Waals surface area contributed by atoms with E-state index in [1.807, 2.05) is 12.1 Å². The van der Waals surface area contributed by atoms with Gasteiger partial charge in [-0.05, 0) is 30.3 Å². The van der Waals surface area contributed by atoms with E-state index in [1.165, 1.54) is 18.6 Å². The molecule has 0 aliphatic rings. The number of carbonyl (C=O) groups is 1. The van der Waals surface area contributed by atoms with Gasteiger partial charge in [0, 0.05) is 23.5 Å². The molecule has 21 heavy (non-hydrogen) atoms. The van der Waals surface area contributed by atoms with Crippen molar-refractivity contribution in [3.63, 3.8) is 0 Å². The smallest absolute Gasteiger partial charge is 0.255 e. The molecular weight excluding hydrogens is 270 g/mol. The van der Waals surface area contributed by atoms with E-state index in [-0.39, 0.29) is 11.5 Å². The first-order chi connectivity index (χ1) is 10.2. The number of amides is 1. The molecule has 0 aliphatic carbocycles. The molecule has 0 atom stereocenters. The summed E-state index contributed by atoms with van der Waals surface area (Å²) in [5.41, 5.74) is 1.45. The van der Waals surface area contributed by atoms with E-state index >= 15 is 0 Å². The number of benzene rings is 1. The van der Waals surface area contributed by atoms with Gasteiger partial charge in [0.05, 0.1) is 5.69 Å². The van der Waals surface area contributed by atoms with Crippen molar-refractivity contribution in [2.75, 3.05) is 5.32 Å². The number of hydrogen-bond donors (Lipinski definition) is 2. The number of hydrogen-bond acceptors (Lipinski definition) is 4. The third-order valence-electron chi connectivity index (χ3n) is 2.85. The summed E-state index contributed by atoms with van der Waals surface area (Å²) in [5, 5.41) is 6.74. The molecule has 0 aliphatic heterocycles. The van der Waals surface area contributed by atoms with Crippen LogP contribution in [0.1, 0.15) is 10.4 Å². The minimum atomic E-state index is -0.338. The number of aromatic amines is 1. The van der Waals surface area contributed by atoms with Gasteiger partial charge in [0.1, 0.15) is 12.7 Å². The topological polar surface area (TPSA) is 92.7 Å². The van der Waals surface area contributed by atoms with E-state index < -0.39 is 0 Å². The summed E-state index contributed by atoms with van der Waals surface area (Å²) in [6.07, 6.45) is 4.47. The number of carbonyl (C=O) groups excluding carboxylic acids is 1. The maximum atomic E-state index is 12.0. The molecule has 0 fully saturated rings. The first-order valence-corrected chi connectivity index (χ1v) is 6.17. The molecule has 2 N–H and O–H groups in total. The van der Waals surface area contributed by atoms with Gasteiger partial charge in [0.2, 0.25) is 5.56 Å². The number of aromatic nitrogens is 4. The number of nitrogens with one attached hydrogen (secondary N) is 2. The second-order valence-electron chi connectivity index (χ2n) is 4.28. The fourth-order valence-corrected chi connectivity index (χ4v) is 1.83. The Balaban J connectivity index is 1.76. The van der Waals surface area contributed by atoms with Gasteiger partial charge in [0.25, 0.3) is 5.91 Å². The maximum absolute atomic E-state index is 12.0. The predicted octanol–water partition coefficient (Wildman–Crippen LogP) is 1.21. The van der Waals surface area contributed by atoms with Gasteiger partial charge in [-0.1, -0.05) is 0 Å². The number of pyridine rings is 1. The molecule has 1 amide bonds. The van der Waals surface area contributed by atoms with Crippen molar-refractivity contribution in [2.45, 2.75) is 0 Å². The third-order valence-corrected chi connectivity index (χ3v) is 2.85. The van der Waals surface area contributed by atoms with Crippen molar-refractivity contribution < 1.29 is 4.79 Å². The molecule has 1 aromatic carbocycles. The average Bonchev–Trinajstić information content (AvgIpc) is 3.02. The zero-order chi connectivity index (χ0) is 14.7. The van der Waals surface area contributed by atoms with Crippen LogP contribution in [0.4, 0.5) is 5.69 Å². The second kappa shape index (κ2) is 5.41. The van der Waals surface area contributed by atoms with E-state index in [0.717, 1.165) is 5.69 Å². The van der Waals surface area contributed by atoms with Gasteiger partial charge in [-0.15, -0.1) is 0 Å². The van der Waals surface area contributed by atoms with Crippen LogP contribution in [-0.4, -0.2) is 25.7 Å². The highest BCUT2D eigenvalue weighted by Crippen LogP contribution is 2.13. The Morgan fingerprint density at radius 3 is 2.67 bits per heavy atom. The molecule has 7 heteroatoms. The molecule has 0 spiro atoms. The minimum absolute atomic E-state index is 0.305. The number of nitrogens with zero attached hydrogens (tertiary/aromatic N) is 3. The van der Waals surface area contributed by atoms with Crippen LogP contribution in [0.15, 0.2) is 60.0 Å². The first-order valence-electron chi connectivity index (χ1n) is 6.17. The summed E-state index contributed by atoms with van der Waals surface area (Å²) in [6.45, 7) is 0. The Kier molecular flexibility index (Phi) is 3.30. The molecule has 3 rings (SSSR count). The molecule has 7 nitrogen and oxygen atoms in total. The van der Waals surface area contributed by atoms with Gasteiger partial charge >= 0.3 is 0 Å². The van der Waals surface area contributed by atoms with Crippen molar-refractivity contribution in [3.8, 4) is 5.69 Å². The van der Waals surface area contributed by atoms with Crippen LogP contribution in [0, 0.1) is 0 Å². The lowest BCUT2D eigenvalue weighted by atomic mass is 10.2. The minimum Gasteiger partial charge on any atom is -0.329 e. The summed E-state index contributed by atoms with van der Waals surface area (Å²) >= 11 is 0. The average molecular weight is 281 g/mol. The van der Waals surface area contributed by atoms with Crippen molar-refractivity contribution in [1.82, 2.24) is 19.7 Å². The lowest BCUT2D eigenvalue weighted by Crippen LogP contribution is -2.15. The lowest BCUT2D eigenvalue weighted by Gasteiger charge is -2.06. The molecule has 2 aromatic heterocycles. The summed E-state index contributed by atoms with van der Waals surface area (Å²) in [4.78, 5) is 29.5. The highest BCUT2D eigenvalue weighted by atomic mass is 16.2. The summed E-state index contributed by atoms with van der Waals surface area (Å²) in [7, 11) is 0. The second-order valence-corrected chi connectivity index (χ2v) is 4.28. The van der Waals surface area contributed by atoms with Gasteiger partial charge < -0.3 is 10.3 Å². The highest BCUT2D eigenvalue weighted by Gasteiger charge is 2.06. The van der Waals surface area contributed by atoms with Crippen molar-refractivity contribution in [3.05, 3.63) is 71.2 Å². The van der Waals surface area contributed by atoms with Crippen LogP contribution in [0.5, 0.6) is 0 Å². The zero-order valence-electron chi connectivity index (χ0n) is 10.9. The van der Waals surface area contributed by atoms with Gasteiger partial charge in [-0.3, -0.25) is 9.59 Å². The Bertz CT molecular complexity index is 806. The predicted molar refractivity (Wildman–Crippen MR) is 76.4 cm³/mol. The van der Waals surface area contributed by atoms with E-state index in [1.54, 1.807) is 29.2 Å². The van der Waals surface area contributed by atoms with Crippen LogP contribution in [-0.2, 0) is 0 Å². The molecule has 0 saturated carbocycles. The monoisotopic (exact) mass is 281 g/mol. The quantitative estimate of drug-likeness (QED) is 0.754. The summed E-state index contributed by atoms with van der Waals surface area (Å²) in [5.74, 6) is -0.338. The van der Waals surface area contributed by atoms with Crippen molar-refractivity contribution in [2.24, 2.45) is 0 Å². The molecule has 0 unspecified atom stereocenters. The largest absolute Gasteiger partial charge is 0.329 e. The van der Waals surface area contributed by atoms with E-state index in [2.05, 4.69) is 20.4 Å². The molecule has 0 saturated heterocycles. The Labute approximate surface area is 119 Å². The third kappa shape index (κ3) is 2.86. The molecule has 104 valence electrons. The normalized spacial score (nSPS) is 10.3. The number of rotatable bonds is 3. The van der Waals surface area contributed by atoms with Crippen LogP contribution in [0.2, 0.25) is 0 Å². The van der Waals surface area contributed by atoms with Gasteiger partial charge in [-0.2, -0.15) is 5.10 Å². The van der Waals surface area contributed by atoms with Crippen LogP contribution in [0.3, 0.4) is 0 Å². The fourth-order valence-electron chi connectivity index (χ4n) is 1.83. The SMILES string of the molecule is O=C(Nc1ccc(-n2cncn2)cc1)c1cc[nH]c(=O)c1. The first kappa shape index (κ1) is 12.8. The standard InChI is InChI=1S/C14H11N5O2/c20-13-7-10(5-6-16-13)14(21)18-11-1-3-12(4-2-11)19-9-15-8-17-19/h1-9H,(H,16,20)(H,18,21). The fraction of sp³-hybridized carbons (Fsp3) is 0. The van der Waals surface area contributed by atoms with E-state index in [4.69, 9.17) is 0 Å². The van der Waals surface area contributed by atoms with Crippen LogP contribution < -0.4 is 10.9 Å². The molecule has 0 bridgehead atoms. The summed E-state index contributed by atoms with van der Waals surface area (Å²) < 4.78 is 1.61. The molecule has 0 radical (unpaired) electrons. The number of anilines is 1. The Morgan fingerprint density at radius 2 is 2.00 bits per heavy atom. The van der Waals surface area contributed by atoms with Crippen LogP contribution in [0.25, 0.3) is 5.69 Å². The van der Waals surface area contributed by atoms with Gasteiger partial charge in [-0.25, -0.2) is 9.67 Å². The Morgan fingerprint density at radius 1 is 1.19 bits per heavy atom. The van der Waals surface area contributed by atoms with Gasteiger partial charge in [0.15, 0.2) is 0 Å². The Hall–Kier alpha value is -3.22. The molecular formula is C14H11N5O2. The van der Waals surface area contributed by atoms with E-state index in [9.17, 15) is 9.59 Å². The van der Waals surface area contributed by atoms with Crippen molar-refractivity contribution in [1.29, 1.82) is 0 Å².